The number of carbonyl (C=O) groups is 1. The summed E-state index contributed by atoms with van der Waals surface area (Å²) in [6.45, 7) is 4.53. The minimum atomic E-state index is -0.00341. The normalized spacial score (nSPS) is 13.9. The molecule has 0 unspecified atom stereocenters. The monoisotopic (exact) mass is 264 g/mol. The molecule has 0 atom stereocenters. The number of hydrogen-bond acceptors (Lipinski definition) is 3. The minimum Gasteiger partial charge on any atom is -0.352 e. The van der Waals surface area contributed by atoms with E-state index in [1.54, 1.807) is 6.08 Å². The lowest BCUT2D eigenvalue weighted by Gasteiger charge is -2.06. The lowest BCUT2D eigenvalue weighted by atomic mass is 10.0. The highest BCUT2D eigenvalue weighted by molar-refractivity contribution is 7.11. The van der Waals surface area contributed by atoms with Gasteiger partial charge in [-0.2, -0.15) is 0 Å². The van der Waals surface area contributed by atoms with Gasteiger partial charge < -0.3 is 5.32 Å². The number of nitrogens with zero attached hydrogens (tertiary/aromatic N) is 1. The summed E-state index contributed by atoms with van der Waals surface area (Å²) >= 11 is 1.82. The summed E-state index contributed by atoms with van der Waals surface area (Å²) in [5.74, 6) is -0.00341. The van der Waals surface area contributed by atoms with Crippen molar-refractivity contribution in [2.24, 2.45) is 0 Å². The molecule has 1 aliphatic carbocycles. The molecule has 4 heteroatoms. The van der Waals surface area contributed by atoms with E-state index in [0.717, 1.165) is 18.4 Å². The summed E-state index contributed by atoms with van der Waals surface area (Å²) in [4.78, 5) is 17.6. The zero-order valence-corrected chi connectivity index (χ0v) is 11.9. The molecule has 2 rings (SSSR count). The highest BCUT2D eigenvalue weighted by Gasteiger charge is 2.14. The molecule has 0 saturated heterocycles. The molecular weight excluding hydrogens is 244 g/mol. The third kappa shape index (κ3) is 3.67. The van der Waals surface area contributed by atoms with Crippen LogP contribution in [0, 0.1) is 0 Å². The van der Waals surface area contributed by atoms with E-state index in [0.29, 0.717) is 6.54 Å². The van der Waals surface area contributed by atoms with Crippen molar-refractivity contribution < 1.29 is 4.79 Å². The topological polar surface area (TPSA) is 42.0 Å². The van der Waals surface area contributed by atoms with Crippen LogP contribution in [0.4, 0.5) is 0 Å². The Balaban J connectivity index is 1.82. The number of allylic oxidation sites excluding steroid dienone is 1. The Labute approximate surface area is 112 Å². The Bertz CT molecular complexity index is 435. The summed E-state index contributed by atoms with van der Waals surface area (Å²) in [5.41, 5.74) is 2.33. The van der Waals surface area contributed by atoms with Gasteiger partial charge in [0.05, 0.1) is 10.7 Å². The van der Waals surface area contributed by atoms with Crippen LogP contribution in [0.15, 0.2) is 11.6 Å². The van der Waals surface area contributed by atoms with Crippen LogP contribution in [0.25, 0.3) is 0 Å². The molecule has 0 spiro atoms. The van der Waals surface area contributed by atoms with Gasteiger partial charge in [-0.1, -0.05) is 5.57 Å². The van der Waals surface area contributed by atoms with Crippen molar-refractivity contribution in [3.8, 4) is 0 Å². The summed E-state index contributed by atoms with van der Waals surface area (Å²) in [6.07, 6.45) is 7.37. The number of hydrogen-bond donors (Lipinski definition) is 1. The quantitative estimate of drug-likeness (QED) is 0.849. The van der Waals surface area contributed by atoms with Gasteiger partial charge in [0, 0.05) is 23.9 Å². The van der Waals surface area contributed by atoms with Crippen molar-refractivity contribution in [2.45, 2.75) is 46.0 Å². The Morgan fingerprint density at radius 2 is 2.17 bits per heavy atom. The van der Waals surface area contributed by atoms with Gasteiger partial charge in [0.15, 0.2) is 0 Å². The lowest BCUT2D eigenvalue weighted by molar-refractivity contribution is -0.116. The Kier molecular flexibility index (Phi) is 4.53. The van der Waals surface area contributed by atoms with E-state index < -0.39 is 0 Å². The van der Waals surface area contributed by atoms with Crippen LogP contribution >= 0.6 is 11.3 Å². The van der Waals surface area contributed by atoms with Crippen molar-refractivity contribution in [2.75, 3.05) is 6.54 Å². The maximum atomic E-state index is 11.4. The van der Waals surface area contributed by atoms with Gasteiger partial charge in [0.25, 0.3) is 0 Å². The maximum absolute atomic E-state index is 11.4. The second-order valence-electron chi connectivity index (χ2n) is 4.95. The SMILES string of the molecule is CC(C)=CC(=O)NCCc1nc2c(s1)CCCC2. The number of fused-ring (bicyclic) bond motifs is 1. The highest BCUT2D eigenvalue weighted by atomic mass is 32.1. The predicted molar refractivity (Wildman–Crippen MR) is 74.9 cm³/mol. The molecule has 0 bridgehead atoms. The van der Waals surface area contributed by atoms with Gasteiger partial charge in [-0.15, -0.1) is 11.3 Å². The summed E-state index contributed by atoms with van der Waals surface area (Å²) in [5, 5.41) is 4.06. The average molecular weight is 264 g/mol. The van der Waals surface area contributed by atoms with Crippen LogP contribution in [0.3, 0.4) is 0 Å². The van der Waals surface area contributed by atoms with Crippen molar-refractivity contribution in [1.82, 2.24) is 10.3 Å². The molecule has 1 aromatic rings. The molecule has 1 amide bonds. The molecule has 98 valence electrons. The number of rotatable bonds is 4. The minimum absolute atomic E-state index is 0.00341. The van der Waals surface area contributed by atoms with Gasteiger partial charge in [0.2, 0.25) is 5.91 Å². The Morgan fingerprint density at radius 1 is 1.39 bits per heavy atom. The Morgan fingerprint density at radius 3 is 2.89 bits per heavy atom. The van der Waals surface area contributed by atoms with E-state index in [4.69, 9.17) is 0 Å². The predicted octanol–water partition coefficient (Wildman–Crippen LogP) is 2.65. The zero-order valence-electron chi connectivity index (χ0n) is 11.1. The van der Waals surface area contributed by atoms with Crippen LogP contribution in [0.1, 0.15) is 42.3 Å². The number of aryl methyl sites for hydroxylation is 2. The number of aromatic nitrogens is 1. The first kappa shape index (κ1) is 13.3. The van der Waals surface area contributed by atoms with E-state index in [9.17, 15) is 4.79 Å². The van der Waals surface area contributed by atoms with Crippen LogP contribution < -0.4 is 5.32 Å². The molecule has 1 N–H and O–H groups in total. The molecule has 0 aliphatic heterocycles. The van der Waals surface area contributed by atoms with Crippen molar-refractivity contribution >= 4 is 17.2 Å². The lowest BCUT2D eigenvalue weighted by Crippen LogP contribution is -2.23. The van der Waals surface area contributed by atoms with E-state index in [2.05, 4.69) is 10.3 Å². The first-order valence-electron chi connectivity index (χ1n) is 6.55. The number of amides is 1. The molecule has 0 saturated carbocycles. The first-order chi connectivity index (χ1) is 8.65. The average Bonchev–Trinajstić information content (AvgIpc) is 2.70. The maximum Gasteiger partial charge on any atom is 0.243 e. The smallest absolute Gasteiger partial charge is 0.243 e. The number of carbonyl (C=O) groups excluding carboxylic acids is 1. The Hall–Kier alpha value is -1.16. The molecule has 1 heterocycles. The van der Waals surface area contributed by atoms with Gasteiger partial charge in [-0.25, -0.2) is 4.98 Å². The summed E-state index contributed by atoms with van der Waals surface area (Å²) in [7, 11) is 0. The molecule has 18 heavy (non-hydrogen) atoms. The van der Waals surface area contributed by atoms with Crippen molar-refractivity contribution in [3.63, 3.8) is 0 Å². The molecule has 3 nitrogen and oxygen atoms in total. The van der Waals surface area contributed by atoms with Gasteiger partial charge in [0.1, 0.15) is 0 Å². The van der Waals surface area contributed by atoms with Crippen molar-refractivity contribution in [1.29, 1.82) is 0 Å². The third-order valence-electron chi connectivity index (χ3n) is 2.95. The van der Waals surface area contributed by atoms with E-state index >= 15 is 0 Å². The molecule has 0 aromatic carbocycles. The molecule has 0 fully saturated rings. The zero-order chi connectivity index (χ0) is 13.0. The summed E-state index contributed by atoms with van der Waals surface area (Å²) in [6, 6.07) is 0. The fourth-order valence-corrected chi connectivity index (χ4v) is 3.27. The highest BCUT2D eigenvalue weighted by Crippen LogP contribution is 2.26. The molecule has 0 radical (unpaired) electrons. The van der Waals surface area contributed by atoms with Gasteiger partial charge in [-0.05, 0) is 39.5 Å². The number of thiazole rings is 1. The molecule has 1 aromatic heterocycles. The fraction of sp³-hybridized carbons (Fsp3) is 0.571. The van der Waals surface area contributed by atoms with E-state index in [-0.39, 0.29) is 5.91 Å². The van der Waals surface area contributed by atoms with Crippen molar-refractivity contribution in [3.05, 3.63) is 27.2 Å². The number of nitrogens with one attached hydrogen (secondary N) is 1. The van der Waals surface area contributed by atoms with Gasteiger partial charge in [-0.3, -0.25) is 4.79 Å². The van der Waals surface area contributed by atoms with E-state index in [1.165, 1.54) is 34.8 Å². The molecular formula is C14H20N2OS. The third-order valence-corrected chi connectivity index (χ3v) is 4.17. The fourth-order valence-electron chi connectivity index (χ4n) is 2.12. The van der Waals surface area contributed by atoms with Crippen LogP contribution in [0.5, 0.6) is 0 Å². The van der Waals surface area contributed by atoms with Crippen LogP contribution in [0.2, 0.25) is 0 Å². The second kappa shape index (κ2) is 6.14. The van der Waals surface area contributed by atoms with Crippen LogP contribution in [-0.4, -0.2) is 17.4 Å². The van der Waals surface area contributed by atoms with Gasteiger partial charge >= 0.3 is 0 Å². The summed E-state index contributed by atoms with van der Waals surface area (Å²) < 4.78 is 0. The van der Waals surface area contributed by atoms with Crippen LogP contribution in [-0.2, 0) is 24.1 Å². The first-order valence-corrected chi connectivity index (χ1v) is 7.37. The standard InChI is InChI=1S/C14H20N2OS/c1-10(2)9-13(17)15-8-7-14-16-11-5-3-4-6-12(11)18-14/h9H,3-8H2,1-2H3,(H,15,17). The molecule has 1 aliphatic rings. The van der Waals surface area contributed by atoms with E-state index in [1.807, 2.05) is 25.2 Å². The second-order valence-corrected chi connectivity index (χ2v) is 6.12. The largest absolute Gasteiger partial charge is 0.352 e.